The molecule has 12 heavy (non-hydrogen) atoms. The van der Waals surface area contributed by atoms with Crippen LogP contribution in [-0.2, 0) is 4.79 Å². The van der Waals surface area contributed by atoms with Crippen LogP contribution in [0, 0.1) is 0 Å². The highest BCUT2D eigenvalue weighted by Crippen LogP contribution is 2.14. The minimum absolute atomic E-state index is 0.460. The van der Waals surface area contributed by atoms with Gasteiger partial charge in [-0.15, -0.1) is 0 Å². The van der Waals surface area contributed by atoms with E-state index in [1.165, 1.54) is 37.9 Å². The van der Waals surface area contributed by atoms with Gasteiger partial charge in [-0.2, -0.15) is 11.8 Å². The lowest BCUT2D eigenvalue weighted by atomic mass is 10.1. The molecule has 0 saturated carbocycles. The Bertz CT molecular complexity index is 120. The monoisotopic (exact) mass is 186 g/mol. The van der Waals surface area contributed by atoms with Crippen molar-refractivity contribution in [2.75, 3.05) is 11.5 Å². The van der Waals surface area contributed by atoms with E-state index in [1.54, 1.807) is 0 Å². The van der Waals surface area contributed by atoms with E-state index in [9.17, 15) is 4.79 Å². The quantitative estimate of drug-likeness (QED) is 0.578. The van der Waals surface area contributed by atoms with Crippen molar-refractivity contribution >= 4 is 17.5 Å². The third kappa shape index (κ3) is 4.81. The number of thioether (sulfide) groups is 1. The first-order valence-electron chi connectivity index (χ1n) is 4.99. The molecular weight excluding hydrogens is 168 g/mol. The van der Waals surface area contributed by atoms with Gasteiger partial charge in [0.05, 0.1) is 5.75 Å². The van der Waals surface area contributed by atoms with Crippen LogP contribution in [0.5, 0.6) is 0 Å². The predicted octanol–water partition coefficient (Wildman–Crippen LogP) is 3.03. The Kier molecular flexibility index (Phi) is 5.50. The molecule has 1 rings (SSSR count). The second kappa shape index (κ2) is 6.53. The second-order valence-electron chi connectivity index (χ2n) is 3.46. The highest BCUT2D eigenvalue weighted by molar-refractivity contribution is 7.99. The molecule has 1 aliphatic rings. The molecule has 0 aromatic carbocycles. The molecule has 0 spiro atoms. The van der Waals surface area contributed by atoms with Gasteiger partial charge in [-0.1, -0.05) is 25.7 Å². The number of Topliss-reactive ketones (excluding diaryl/α,β-unsaturated/α-hetero) is 1. The van der Waals surface area contributed by atoms with Crippen molar-refractivity contribution < 1.29 is 4.79 Å². The zero-order valence-electron chi connectivity index (χ0n) is 7.68. The van der Waals surface area contributed by atoms with E-state index >= 15 is 0 Å². The highest BCUT2D eigenvalue weighted by Gasteiger charge is 2.03. The summed E-state index contributed by atoms with van der Waals surface area (Å²) in [5.74, 6) is 2.41. The fraction of sp³-hybridized carbons (Fsp3) is 0.900. The third-order valence-electron chi connectivity index (χ3n) is 2.26. The SMILES string of the molecule is O=C1CCCCCCCCSC1. The molecule has 1 saturated heterocycles. The van der Waals surface area contributed by atoms with Crippen molar-refractivity contribution in [3.63, 3.8) is 0 Å². The number of hydrogen-bond donors (Lipinski definition) is 0. The van der Waals surface area contributed by atoms with Gasteiger partial charge in [0.15, 0.2) is 0 Å². The van der Waals surface area contributed by atoms with Crippen LogP contribution in [-0.4, -0.2) is 17.3 Å². The average molecular weight is 186 g/mol. The van der Waals surface area contributed by atoms with Crippen LogP contribution in [0.25, 0.3) is 0 Å². The van der Waals surface area contributed by atoms with Crippen LogP contribution in [0.2, 0.25) is 0 Å². The van der Waals surface area contributed by atoms with Crippen LogP contribution in [0.1, 0.15) is 44.9 Å². The molecule has 2 heteroatoms. The maximum Gasteiger partial charge on any atom is 0.142 e. The summed E-state index contributed by atoms with van der Waals surface area (Å²) >= 11 is 1.82. The summed E-state index contributed by atoms with van der Waals surface area (Å²) in [6, 6.07) is 0. The molecule has 0 bridgehead atoms. The zero-order valence-corrected chi connectivity index (χ0v) is 8.50. The predicted molar refractivity (Wildman–Crippen MR) is 54.7 cm³/mol. The fourth-order valence-electron chi connectivity index (χ4n) is 1.49. The van der Waals surface area contributed by atoms with E-state index in [1.807, 2.05) is 11.8 Å². The molecule has 1 heterocycles. The van der Waals surface area contributed by atoms with Gasteiger partial charge >= 0.3 is 0 Å². The molecule has 0 aromatic heterocycles. The molecule has 1 fully saturated rings. The number of hydrogen-bond acceptors (Lipinski definition) is 2. The molecule has 0 amide bonds. The Morgan fingerprint density at radius 2 is 1.58 bits per heavy atom. The van der Waals surface area contributed by atoms with Gasteiger partial charge in [-0.05, 0) is 18.6 Å². The smallest absolute Gasteiger partial charge is 0.142 e. The van der Waals surface area contributed by atoms with E-state index in [4.69, 9.17) is 0 Å². The topological polar surface area (TPSA) is 17.1 Å². The standard InChI is InChI=1S/C10H18OS/c11-10-7-5-3-1-2-4-6-8-12-9-10/h1-9H2. The molecule has 0 aliphatic carbocycles. The lowest BCUT2D eigenvalue weighted by molar-refractivity contribution is -0.116. The van der Waals surface area contributed by atoms with Crippen LogP contribution in [0.15, 0.2) is 0 Å². The van der Waals surface area contributed by atoms with Crippen LogP contribution in [0.3, 0.4) is 0 Å². The maximum atomic E-state index is 11.2. The first-order chi connectivity index (χ1) is 5.89. The normalized spacial score (nSPS) is 23.2. The molecule has 1 nitrogen and oxygen atoms in total. The summed E-state index contributed by atoms with van der Waals surface area (Å²) in [5, 5.41) is 0. The minimum Gasteiger partial charge on any atom is -0.299 e. The van der Waals surface area contributed by atoms with Gasteiger partial charge in [-0.25, -0.2) is 0 Å². The molecule has 0 radical (unpaired) electrons. The Balaban J connectivity index is 2.17. The van der Waals surface area contributed by atoms with E-state index in [0.717, 1.165) is 18.6 Å². The Hall–Kier alpha value is 0.0200. The number of rotatable bonds is 0. The lowest BCUT2D eigenvalue weighted by Crippen LogP contribution is -2.01. The average Bonchev–Trinajstić information content (AvgIpc) is 2.11. The summed E-state index contributed by atoms with van der Waals surface area (Å²) in [6.45, 7) is 0. The van der Waals surface area contributed by atoms with Crippen LogP contribution >= 0.6 is 11.8 Å². The highest BCUT2D eigenvalue weighted by atomic mass is 32.2. The Labute approximate surface area is 79.3 Å². The minimum atomic E-state index is 0.460. The molecule has 1 aliphatic heterocycles. The Morgan fingerprint density at radius 1 is 0.917 bits per heavy atom. The fourth-order valence-corrected chi connectivity index (χ4v) is 2.42. The van der Waals surface area contributed by atoms with Gasteiger partial charge in [0.1, 0.15) is 5.78 Å². The van der Waals surface area contributed by atoms with E-state index in [0.29, 0.717) is 5.78 Å². The molecule has 0 atom stereocenters. The largest absolute Gasteiger partial charge is 0.299 e. The van der Waals surface area contributed by atoms with Crippen LogP contribution in [0.4, 0.5) is 0 Å². The molecule has 0 aromatic rings. The summed E-state index contributed by atoms with van der Waals surface area (Å²) in [5.41, 5.74) is 0. The molecular formula is C10H18OS. The van der Waals surface area contributed by atoms with Crippen molar-refractivity contribution in [3.05, 3.63) is 0 Å². The summed E-state index contributed by atoms with van der Waals surface area (Å²) < 4.78 is 0. The van der Waals surface area contributed by atoms with Gasteiger partial charge in [0, 0.05) is 6.42 Å². The number of carbonyl (C=O) groups is 1. The zero-order chi connectivity index (χ0) is 8.65. The van der Waals surface area contributed by atoms with Gasteiger partial charge in [-0.3, -0.25) is 4.79 Å². The molecule has 70 valence electrons. The third-order valence-corrected chi connectivity index (χ3v) is 3.36. The second-order valence-corrected chi connectivity index (χ2v) is 4.57. The van der Waals surface area contributed by atoms with Gasteiger partial charge in [0.2, 0.25) is 0 Å². The van der Waals surface area contributed by atoms with Crippen LogP contribution < -0.4 is 0 Å². The molecule has 0 N–H and O–H groups in total. The van der Waals surface area contributed by atoms with Crippen molar-refractivity contribution in [2.45, 2.75) is 44.9 Å². The summed E-state index contributed by atoms with van der Waals surface area (Å²) in [4.78, 5) is 11.2. The first kappa shape index (κ1) is 10.1. The number of ketones is 1. The van der Waals surface area contributed by atoms with Crippen molar-refractivity contribution in [1.29, 1.82) is 0 Å². The lowest BCUT2D eigenvalue weighted by Gasteiger charge is -1.97. The van der Waals surface area contributed by atoms with Crippen molar-refractivity contribution in [2.24, 2.45) is 0 Å². The van der Waals surface area contributed by atoms with Crippen molar-refractivity contribution in [3.8, 4) is 0 Å². The van der Waals surface area contributed by atoms with Gasteiger partial charge < -0.3 is 0 Å². The maximum absolute atomic E-state index is 11.2. The van der Waals surface area contributed by atoms with E-state index in [2.05, 4.69) is 0 Å². The van der Waals surface area contributed by atoms with Gasteiger partial charge in [0.25, 0.3) is 0 Å². The Morgan fingerprint density at radius 3 is 2.42 bits per heavy atom. The van der Waals surface area contributed by atoms with Crippen molar-refractivity contribution in [1.82, 2.24) is 0 Å². The summed E-state index contributed by atoms with van der Waals surface area (Å²) in [6.07, 6.45) is 8.58. The van der Waals surface area contributed by atoms with E-state index in [-0.39, 0.29) is 0 Å². The first-order valence-corrected chi connectivity index (χ1v) is 6.14. The van der Waals surface area contributed by atoms with E-state index < -0.39 is 0 Å². The summed E-state index contributed by atoms with van der Waals surface area (Å²) in [7, 11) is 0. The molecule has 0 unspecified atom stereocenters. The number of carbonyl (C=O) groups excluding carboxylic acids is 1.